The number of nitrogens with zero attached hydrogens (tertiary/aromatic N) is 2. The molecule has 1 saturated heterocycles. The highest BCUT2D eigenvalue weighted by atomic mass is 32.1. The molecule has 5 nitrogen and oxygen atoms in total. The molecule has 1 amide bonds. The van der Waals surface area contributed by atoms with Gasteiger partial charge in [0.05, 0.1) is 22.4 Å². The Balaban J connectivity index is 1.20. The summed E-state index contributed by atoms with van der Waals surface area (Å²) < 4.78 is 0. The van der Waals surface area contributed by atoms with E-state index in [2.05, 4.69) is 15.2 Å². The highest BCUT2D eigenvalue weighted by Gasteiger charge is 2.34. The van der Waals surface area contributed by atoms with Crippen molar-refractivity contribution in [2.75, 3.05) is 23.3 Å². The van der Waals surface area contributed by atoms with Crippen molar-refractivity contribution in [3.05, 3.63) is 102 Å². The van der Waals surface area contributed by atoms with E-state index in [1.165, 1.54) is 11.3 Å². The quantitative estimate of drug-likeness (QED) is 0.414. The Bertz CT molecular complexity index is 1220. The number of carbonyl (C=O) groups excluding carboxylic acids is 1. The first-order valence-corrected chi connectivity index (χ1v) is 11.9. The van der Waals surface area contributed by atoms with E-state index >= 15 is 0 Å². The second kappa shape index (κ2) is 9.17. The number of amides is 1. The summed E-state index contributed by atoms with van der Waals surface area (Å²) in [6, 6.07) is 27.5. The van der Waals surface area contributed by atoms with E-state index < -0.39 is 5.60 Å². The smallest absolute Gasteiger partial charge is 0.265 e. The molecule has 1 fully saturated rings. The van der Waals surface area contributed by atoms with E-state index in [0.717, 1.165) is 34.9 Å². The summed E-state index contributed by atoms with van der Waals surface area (Å²) in [5.74, 6) is 0.716. The summed E-state index contributed by atoms with van der Waals surface area (Å²) in [6.07, 6.45) is 3.00. The second-order valence-corrected chi connectivity index (χ2v) is 9.36. The first kappa shape index (κ1) is 21.4. The largest absolute Gasteiger partial charge is 0.385 e. The van der Waals surface area contributed by atoms with Gasteiger partial charge in [0.1, 0.15) is 5.82 Å². The Labute approximate surface area is 197 Å². The molecule has 0 spiro atoms. The molecule has 2 N–H and O–H groups in total. The molecule has 0 aliphatic carbocycles. The van der Waals surface area contributed by atoms with Gasteiger partial charge in [-0.2, -0.15) is 0 Å². The van der Waals surface area contributed by atoms with Gasteiger partial charge >= 0.3 is 0 Å². The zero-order valence-electron chi connectivity index (χ0n) is 18.1. The number of carbonyl (C=O) groups is 1. The van der Waals surface area contributed by atoms with Crippen LogP contribution >= 0.6 is 11.3 Å². The number of thiophene rings is 1. The molecule has 166 valence electrons. The van der Waals surface area contributed by atoms with Crippen LogP contribution < -0.4 is 10.2 Å². The van der Waals surface area contributed by atoms with Crippen LogP contribution in [0.4, 0.5) is 11.5 Å². The number of aromatic nitrogens is 1. The lowest BCUT2D eigenvalue weighted by Crippen LogP contribution is -2.42. The van der Waals surface area contributed by atoms with Gasteiger partial charge in [0.25, 0.3) is 5.91 Å². The Hall–Kier alpha value is -3.48. The molecule has 1 aliphatic rings. The number of hydrogen-bond acceptors (Lipinski definition) is 5. The predicted molar refractivity (Wildman–Crippen MR) is 134 cm³/mol. The van der Waals surface area contributed by atoms with Gasteiger partial charge in [-0.1, -0.05) is 60.7 Å². The molecule has 0 saturated carbocycles. The van der Waals surface area contributed by atoms with Gasteiger partial charge < -0.3 is 15.3 Å². The highest BCUT2D eigenvalue weighted by Crippen LogP contribution is 2.34. The van der Waals surface area contributed by atoms with E-state index in [0.29, 0.717) is 23.4 Å². The Morgan fingerprint density at radius 3 is 2.27 bits per heavy atom. The van der Waals surface area contributed by atoms with E-state index in [-0.39, 0.29) is 5.91 Å². The summed E-state index contributed by atoms with van der Waals surface area (Å²) in [6.45, 7) is 1.45. The molecule has 2 aromatic carbocycles. The number of rotatable bonds is 5. The lowest BCUT2D eigenvalue weighted by molar-refractivity contribution is 0.0116. The van der Waals surface area contributed by atoms with Crippen molar-refractivity contribution in [3.8, 4) is 10.4 Å². The first-order valence-electron chi connectivity index (χ1n) is 11.1. The summed E-state index contributed by atoms with van der Waals surface area (Å²) in [5, 5.41) is 14.0. The second-order valence-electron chi connectivity index (χ2n) is 8.27. The molecular weight excluding hydrogens is 430 g/mol. The molecule has 1 aliphatic heterocycles. The maximum absolute atomic E-state index is 12.7. The van der Waals surface area contributed by atoms with Gasteiger partial charge in [0.2, 0.25) is 0 Å². The van der Waals surface area contributed by atoms with Crippen LogP contribution in [0.5, 0.6) is 0 Å². The van der Waals surface area contributed by atoms with E-state index in [1.54, 1.807) is 6.20 Å². The number of pyridine rings is 1. The maximum Gasteiger partial charge on any atom is 0.265 e. The van der Waals surface area contributed by atoms with Crippen LogP contribution in [-0.4, -0.2) is 29.1 Å². The minimum Gasteiger partial charge on any atom is -0.385 e. The molecule has 2 aromatic heterocycles. The summed E-state index contributed by atoms with van der Waals surface area (Å²) >= 11 is 1.47. The van der Waals surface area contributed by atoms with Crippen molar-refractivity contribution in [2.45, 2.75) is 18.4 Å². The van der Waals surface area contributed by atoms with Crippen LogP contribution in [0, 0.1) is 0 Å². The lowest BCUT2D eigenvalue weighted by Gasteiger charge is -2.39. The monoisotopic (exact) mass is 455 g/mol. The Kier molecular flexibility index (Phi) is 5.94. The summed E-state index contributed by atoms with van der Waals surface area (Å²) in [4.78, 5) is 21.1. The lowest BCUT2D eigenvalue weighted by atomic mass is 9.84. The van der Waals surface area contributed by atoms with Gasteiger partial charge in [-0.05, 0) is 48.2 Å². The van der Waals surface area contributed by atoms with Crippen LogP contribution in [0.25, 0.3) is 10.4 Å². The van der Waals surface area contributed by atoms with Crippen LogP contribution in [0.2, 0.25) is 0 Å². The fourth-order valence-electron chi connectivity index (χ4n) is 4.20. The van der Waals surface area contributed by atoms with Gasteiger partial charge in [0, 0.05) is 18.0 Å². The SMILES string of the molecule is O=C(Nc1ccc(N2CCC(O)(c3ccccc3)CC2)nc1)c1ccc(-c2ccccc2)s1. The fourth-order valence-corrected chi connectivity index (χ4v) is 5.11. The number of nitrogens with one attached hydrogen (secondary N) is 1. The van der Waals surface area contributed by atoms with E-state index in [1.807, 2.05) is 84.9 Å². The van der Waals surface area contributed by atoms with Gasteiger partial charge in [-0.3, -0.25) is 4.79 Å². The molecule has 6 heteroatoms. The molecule has 0 unspecified atom stereocenters. The third-order valence-electron chi connectivity index (χ3n) is 6.12. The molecule has 5 rings (SSSR count). The average molecular weight is 456 g/mol. The molecule has 0 atom stereocenters. The normalized spacial score (nSPS) is 15.2. The standard InChI is InChI=1S/C27H25N3O2S/c31-26(24-13-12-23(33-24)20-7-3-1-4-8-20)29-22-11-14-25(28-19-22)30-17-15-27(32,16-18-30)21-9-5-2-6-10-21/h1-14,19,32H,15-18H2,(H,29,31). The summed E-state index contributed by atoms with van der Waals surface area (Å²) in [5.41, 5.74) is 1.95. The van der Waals surface area contributed by atoms with Crippen LogP contribution in [0.3, 0.4) is 0 Å². The molecule has 33 heavy (non-hydrogen) atoms. The number of aliphatic hydroxyl groups is 1. The average Bonchev–Trinajstić information content (AvgIpc) is 3.37. The molecule has 0 radical (unpaired) electrons. The zero-order valence-corrected chi connectivity index (χ0v) is 19.0. The maximum atomic E-state index is 12.7. The third kappa shape index (κ3) is 4.67. The van der Waals surface area contributed by atoms with Gasteiger partial charge in [-0.15, -0.1) is 11.3 Å². The van der Waals surface area contributed by atoms with Crippen LogP contribution in [-0.2, 0) is 5.60 Å². The van der Waals surface area contributed by atoms with E-state index in [9.17, 15) is 9.90 Å². The van der Waals surface area contributed by atoms with E-state index in [4.69, 9.17) is 0 Å². The minimum absolute atomic E-state index is 0.136. The van der Waals surface area contributed by atoms with Crippen molar-refractivity contribution in [2.24, 2.45) is 0 Å². The third-order valence-corrected chi connectivity index (χ3v) is 7.25. The van der Waals surface area contributed by atoms with Crippen molar-refractivity contribution in [1.29, 1.82) is 0 Å². The number of hydrogen-bond donors (Lipinski definition) is 2. The number of anilines is 2. The highest BCUT2D eigenvalue weighted by molar-refractivity contribution is 7.17. The number of piperidine rings is 1. The first-order chi connectivity index (χ1) is 16.1. The molecule has 3 heterocycles. The summed E-state index contributed by atoms with van der Waals surface area (Å²) in [7, 11) is 0. The topological polar surface area (TPSA) is 65.5 Å². The fraction of sp³-hybridized carbons (Fsp3) is 0.185. The minimum atomic E-state index is -0.787. The predicted octanol–water partition coefficient (Wildman–Crippen LogP) is 5.55. The van der Waals surface area contributed by atoms with Crippen molar-refractivity contribution >= 4 is 28.7 Å². The van der Waals surface area contributed by atoms with Crippen LogP contribution in [0.1, 0.15) is 28.1 Å². The van der Waals surface area contributed by atoms with Crippen molar-refractivity contribution < 1.29 is 9.90 Å². The van der Waals surface area contributed by atoms with Crippen molar-refractivity contribution in [3.63, 3.8) is 0 Å². The van der Waals surface area contributed by atoms with Crippen molar-refractivity contribution in [1.82, 2.24) is 4.98 Å². The zero-order chi connectivity index (χ0) is 22.7. The Morgan fingerprint density at radius 1 is 0.909 bits per heavy atom. The Morgan fingerprint density at radius 2 is 1.61 bits per heavy atom. The number of benzene rings is 2. The van der Waals surface area contributed by atoms with Crippen LogP contribution in [0.15, 0.2) is 91.1 Å². The molecule has 0 bridgehead atoms. The van der Waals surface area contributed by atoms with Gasteiger partial charge in [0.15, 0.2) is 0 Å². The molecule has 4 aromatic rings. The van der Waals surface area contributed by atoms with Gasteiger partial charge in [-0.25, -0.2) is 4.98 Å². The molecular formula is C27H25N3O2S.